The van der Waals surface area contributed by atoms with Gasteiger partial charge in [-0.1, -0.05) is 25.1 Å². The topological polar surface area (TPSA) is 65.6 Å². The van der Waals surface area contributed by atoms with Crippen LogP contribution in [0, 0.1) is 17.0 Å². The van der Waals surface area contributed by atoms with Crippen LogP contribution in [0.3, 0.4) is 0 Å². The number of carbonyl (C=O) groups is 1. The number of ether oxygens (including phenoxy) is 1. The van der Waals surface area contributed by atoms with Gasteiger partial charge in [-0.15, -0.1) is 0 Å². The van der Waals surface area contributed by atoms with Crippen LogP contribution in [0.2, 0.25) is 0 Å². The lowest BCUT2D eigenvalue weighted by molar-refractivity contribution is -0.131. The van der Waals surface area contributed by atoms with Crippen LogP contribution in [-0.2, 0) is 16.0 Å². The fourth-order valence-electron chi connectivity index (χ4n) is 5.18. The number of nitrogens with zero attached hydrogens (tertiary/aromatic N) is 1. The van der Waals surface area contributed by atoms with Crippen molar-refractivity contribution in [3.8, 4) is 0 Å². The molecule has 2 N–H and O–H groups in total. The molecule has 0 bridgehead atoms. The largest absolute Gasteiger partial charge is 0.478 e. The maximum Gasteiger partial charge on any atom is 0.328 e. The van der Waals surface area contributed by atoms with E-state index in [1.165, 1.54) is 18.2 Å². The quantitative estimate of drug-likeness (QED) is 0.540. The van der Waals surface area contributed by atoms with E-state index in [9.17, 15) is 4.79 Å². The third kappa shape index (κ3) is 3.85. The number of aromatic nitrogens is 1. The van der Waals surface area contributed by atoms with Crippen molar-refractivity contribution in [3.63, 3.8) is 0 Å². The Kier molecular flexibility index (Phi) is 5.34. The first kappa shape index (κ1) is 21.8. The van der Waals surface area contributed by atoms with Crippen LogP contribution >= 0.6 is 0 Å². The summed E-state index contributed by atoms with van der Waals surface area (Å²) in [7, 11) is 0. The monoisotopic (exact) mass is 452 g/mol. The van der Waals surface area contributed by atoms with Crippen LogP contribution in [0.1, 0.15) is 42.3 Å². The number of para-hydroxylation sites is 1. The van der Waals surface area contributed by atoms with E-state index in [0.29, 0.717) is 19.8 Å². The van der Waals surface area contributed by atoms with E-state index in [0.717, 1.165) is 34.7 Å². The van der Waals surface area contributed by atoms with Crippen LogP contribution < -0.4 is 0 Å². The molecule has 0 saturated carbocycles. The summed E-state index contributed by atoms with van der Waals surface area (Å²) < 4.78 is 36.5. The molecule has 172 valence electrons. The molecule has 5 rings (SSSR count). The van der Waals surface area contributed by atoms with Gasteiger partial charge in [0.25, 0.3) is 0 Å². The average molecular weight is 453 g/mol. The van der Waals surface area contributed by atoms with Gasteiger partial charge in [0.15, 0.2) is 0 Å². The van der Waals surface area contributed by atoms with Crippen LogP contribution in [0.15, 0.2) is 42.5 Å². The molecule has 0 aliphatic carbocycles. The number of fused-ring (bicyclic) bond motifs is 3. The van der Waals surface area contributed by atoms with Crippen LogP contribution in [-0.4, -0.2) is 46.8 Å². The predicted octanol–water partition coefficient (Wildman–Crippen LogP) is 4.92. The van der Waals surface area contributed by atoms with E-state index in [1.54, 1.807) is 0 Å². The molecule has 2 aromatic carbocycles. The van der Waals surface area contributed by atoms with Gasteiger partial charge in [-0.2, -0.15) is 0 Å². The zero-order valence-electron chi connectivity index (χ0n) is 18.6. The number of aromatic amines is 1. The molecule has 0 radical (unpaired) electrons. The molecule has 0 spiro atoms. The van der Waals surface area contributed by atoms with Crippen LogP contribution in [0.5, 0.6) is 0 Å². The molecule has 2 atom stereocenters. The Morgan fingerprint density at radius 2 is 1.97 bits per heavy atom. The summed E-state index contributed by atoms with van der Waals surface area (Å²) in [6, 6.07) is 9.76. The van der Waals surface area contributed by atoms with Crippen molar-refractivity contribution in [1.29, 1.82) is 0 Å². The minimum Gasteiger partial charge on any atom is -0.478 e. The molecular weight excluding hydrogens is 426 g/mol. The number of halogens is 2. The van der Waals surface area contributed by atoms with E-state index < -0.39 is 23.6 Å². The number of hydrogen-bond donors (Lipinski definition) is 2. The number of nitrogens with one attached hydrogen (secondary N) is 1. The highest BCUT2D eigenvalue weighted by Gasteiger charge is 2.44. The standard InChI is InChI=1S/C26H26F2N2O3/c1-15-9-18-17-5-3-4-6-21(17)29-24(18)25(30(15)12-26(2)13-33-14-26)23-19(27)10-16(11-20(23)28)7-8-22(31)32/h3-8,10-11,15,25,29H,9,12-14H2,1-2H3,(H,31,32)/b8-7+/t15-,25-/m1/s1. The van der Waals surface area contributed by atoms with Crippen molar-refractivity contribution in [2.45, 2.75) is 32.4 Å². The SMILES string of the molecule is C[C@@H]1Cc2c([nH]c3ccccc23)[C@@H](c2c(F)cc(/C=C/C(=O)O)cc2F)N1CC1(C)COC1. The van der Waals surface area contributed by atoms with Gasteiger partial charge in [-0.25, -0.2) is 13.6 Å². The first-order valence-corrected chi connectivity index (χ1v) is 11.1. The third-order valence-electron chi connectivity index (χ3n) is 6.78. The molecular formula is C26H26F2N2O3. The predicted molar refractivity (Wildman–Crippen MR) is 122 cm³/mol. The molecule has 1 fully saturated rings. The van der Waals surface area contributed by atoms with Crippen LogP contribution in [0.4, 0.5) is 8.78 Å². The number of aliphatic carboxylic acids is 1. The van der Waals surface area contributed by atoms with Crippen molar-refractivity contribution in [2.24, 2.45) is 5.41 Å². The van der Waals surface area contributed by atoms with Gasteiger partial charge in [0.1, 0.15) is 11.6 Å². The second-order valence-corrected chi connectivity index (χ2v) is 9.56. The van der Waals surface area contributed by atoms with Gasteiger partial charge in [-0.05, 0) is 48.7 Å². The maximum absolute atomic E-state index is 15.5. The Labute approximate surface area is 190 Å². The van der Waals surface area contributed by atoms with Gasteiger partial charge in [-0.3, -0.25) is 4.90 Å². The first-order valence-electron chi connectivity index (χ1n) is 11.1. The zero-order valence-corrected chi connectivity index (χ0v) is 18.6. The molecule has 7 heteroatoms. The summed E-state index contributed by atoms with van der Waals surface area (Å²) in [6.07, 6.45) is 2.84. The van der Waals surface area contributed by atoms with E-state index in [4.69, 9.17) is 9.84 Å². The Bertz CT molecular complexity index is 1240. The van der Waals surface area contributed by atoms with Gasteiger partial charge in [0.05, 0.1) is 19.3 Å². The van der Waals surface area contributed by atoms with Crippen molar-refractivity contribution in [2.75, 3.05) is 19.8 Å². The van der Waals surface area contributed by atoms with E-state index >= 15 is 8.78 Å². The minimum atomic E-state index is -1.18. The zero-order chi connectivity index (χ0) is 23.3. The van der Waals surface area contributed by atoms with Gasteiger partial charge < -0.3 is 14.8 Å². The number of rotatable bonds is 5. The highest BCUT2D eigenvalue weighted by atomic mass is 19.1. The molecule has 3 aromatic rings. The minimum absolute atomic E-state index is 0.0225. The highest BCUT2D eigenvalue weighted by Crippen LogP contribution is 2.44. The molecule has 0 amide bonds. The molecule has 2 aliphatic heterocycles. The lowest BCUT2D eigenvalue weighted by Gasteiger charge is -2.48. The summed E-state index contributed by atoms with van der Waals surface area (Å²) in [4.78, 5) is 16.5. The Morgan fingerprint density at radius 3 is 2.61 bits per heavy atom. The first-order chi connectivity index (χ1) is 15.8. The average Bonchev–Trinajstić information content (AvgIpc) is 3.10. The number of benzene rings is 2. The molecule has 33 heavy (non-hydrogen) atoms. The number of H-pyrrole nitrogens is 1. The molecule has 3 heterocycles. The summed E-state index contributed by atoms with van der Waals surface area (Å²) in [5.74, 6) is -2.56. The Morgan fingerprint density at radius 1 is 1.27 bits per heavy atom. The Balaban J connectivity index is 1.67. The summed E-state index contributed by atoms with van der Waals surface area (Å²) in [5, 5.41) is 9.93. The number of carboxylic acid groups (broad SMARTS) is 1. The fourth-order valence-corrected chi connectivity index (χ4v) is 5.18. The third-order valence-corrected chi connectivity index (χ3v) is 6.78. The summed E-state index contributed by atoms with van der Waals surface area (Å²) >= 11 is 0. The second-order valence-electron chi connectivity index (χ2n) is 9.56. The van der Waals surface area contributed by atoms with Gasteiger partial charge in [0.2, 0.25) is 0 Å². The lowest BCUT2D eigenvalue weighted by atomic mass is 9.82. The van der Waals surface area contributed by atoms with Gasteiger partial charge in [0, 0.05) is 46.2 Å². The number of hydrogen-bond acceptors (Lipinski definition) is 3. The second kappa shape index (κ2) is 8.08. The van der Waals surface area contributed by atoms with Gasteiger partial charge >= 0.3 is 5.97 Å². The maximum atomic E-state index is 15.5. The summed E-state index contributed by atoms with van der Waals surface area (Å²) in [6.45, 7) is 6.11. The fraction of sp³-hybridized carbons (Fsp3) is 0.346. The highest BCUT2D eigenvalue weighted by molar-refractivity contribution is 5.86. The van der Waals surface area contributed by atoms with Crippen molar-refractivity contribution >= 4 is 22.9 Å². The normalized spacial score (nSPS) is 22.4. The van der Waals surface area contributed by atoms with E-state index in [-0.39, 0.29) is 22.6 Å². The van der Waals surface area contributed by atoms with E-state index in [2.05, 4.69) is 23.7 Å². The van der Waals surface area contributed by atoms with E-state index in [1.807, 2.05) is 24.3 Å². The molecule has 0 unspecified atom stereocenters. The smallest absolute Gasteiger partial charge is 0.328 e. The molecule has 2 aliphatic rings. The molecule has 1 saturated heterocycles. The van der Waals surface area contributed by atoms with Crippen molar-refractivity contribution < 1.29 is 23.4 Å². The molecule has 1 aromatic heterocycles. The summed E-state index contributed by atoms with van der Waals surface area (Å²) in [5.41, 5.74) is 2.91. The van der Waals surface area contributed by atoms with Crippen molar-refractivity contribution in [3.05, 3.63) is 76.5 Å². The Hall–Kier alpha value is -3.03. The van der Waals surface area contributed by atoms with Crippen LogP contribution in [0.25, 0.3) is 17.0 Å². The lowest BCUT2D eigenvalue weighted by Crippen LogP contribution is -2.54. The number of carboxylic acids is 1. The molecule has 5 nitrogen and oxygen atoms in total. The van der Waals surface area contributed by atoms with Crippen molar-refractivity contribution in [1.82, 2.24) is 9.88 Å².